The van der Waals surface area contributed by atoms with Crippen LogP contribution in [0.4, 0.5) is 13.2 Å². The van der Waals surface area contributed by atoms with Crippen LogP contribution in [0.1, 0.15) is 19.8 Å². The minimum Gasteiger partial charge on any atom is -0.460 e. The highest BCUT2D eigenvalue weighted by molar-refractivity contribution is 9.11. The first-order chi connectivity index (χ1) is 7.86. The number of carbonyl (C=O) groups excluding carboxylic acids is 1. The summed E-state index contributed by atoms with van der Waals surface area (Å²) in [5.74, 6) is -1.90. The lowest BCUT2D eigenvalue weighted by atomic mass is 10.1. The fraction of sp³-hybridized carbons (Fsp3) is 0.500. The van der Waals surface area contributed by atoms with Crippen molar-refractivity contribution in [3.05, 3.63) is 22.1 Å². The highest BCUT2D eigenvalue weighted by atomic mass is 79.9. The predicted octanol–water partition coefficient (Wildman–Crippen LogP) is 3.41. The van der Waals surface area contributed by atoms with Crippen LogP contribution in [-0.2, 0) is 14.3 Å². The van der Waals surface area contributed by atoms with Gasteiger partial charge in [0.2, 0.25) is 5.76 Å². The molecular formula is C10H10BrF3O3. The Bertz CT molecular complexity index is 371. The van der Waals surface area contributed by atoms with Crippen LogP contribution in [0, 0.1) is 0 Å². The van der Waals surface area contributed by atoms with E-state index in [1.165, 1.54) is 13.0 Å². The van der Waals surface area contributed by atoms with Gasteiger partial charge in [-0.3, -0.25) is 0 Å². The van der Waals surface area contributed by atoms with Crippen LogP contribution in [0.2, 0.25) is 0 Å². The Kier molecular flexibility index (Phi) is 4.62. The van der Waals surface area contributed by atoms with E-state index in [0.717, 1.165) is 0 Å². The fourth-order valence-electron chi connectivity index (χ4n) is 1.28. The van der Waals surface area contributed by atoms with Gasteiger partial charge in [0.25, 0.3) is 0 Å². The maximum atomic E-state index is 12.7. The van der Waals surface area contributed by atoms with E-state index in [1.807, 2.05) is 0 Å². The summed E-state index contributed by atoms with van der Waals surface area (Å²) in [5.41, 5.74) is -0.998. The van der Waals surface area contributed by atoms with Crippen LogP contribution in [0.25, 0.3) is 0 Å². The van der Waals surface area contributed by atoms with E-state index in [0.29, 0.717) is 0 Å². The van der Waals surface area contributed by atoms with Gasteiger partial charge in [-0.15, -0.1) is 0 Å². The number of esters is 1. The molecule has 17 heavy (non-hydrogen) atoms. The van der Waals surface area contributed by atoms with E-state index in [4.69, 9.17) is 4.74 Å². The normalized spacial score (nSPS) is 17.1. The van der Waals surface area contributed by atoms with Gasteiger partial charge in [0.05, 0.1) is 12.2 Å². The molecule has 7 heteroatoms. The molecule has 0 amide bonds. The maximum Gasteiger partial charge on any atom is 0.416 e. The fourth-order valence-corrected chi connectivity index (χ4v) is 1.67. The molecule has 0 bridgehead atoms. The summed E-state index contributed by atoms with van der Waals surface area (Å²) in [6.07, 6.45) is -3.35. The summed E-state index contributed by atoms with van der Waals surface area (Å²) in [6.45, 7) is 1.49. The summed E-state index contributed by atoms with van der Waals surface area (Å²) in [7, 11) is 0. The van der Waals surface area contributed by atoms with Crippen molar-refractivity contribution >= 4 is 21.9 Å². The second kappa shape index (κ2) is 5.57. The minimum absolute atomic E-state index is 0.0157. The second-order valence-corrected chi connectivity index (χ2v) is 3.96. The van der Waals surface area contributed by atoms with Crippen molar-refractivity contribution in [3.63, 3.8) is 0 Å². The molecule has 0 saturated carbocycles. The van der Waals surface area contributed by atoms with Gasteiger partial charge in [-0.05, 0) is 41.8 Å². The van der Waals surface area contributed by atoms with Gasteiger partial charge in [0.15, 0.2) is 4.67 Å². The third kappa shape index (κ3) is 3.76. The van der Waals surface area contributed by atoms with Crippen LogP contribution < -0.4 is 0 Å². The summed E-state index contributed by atoms with van der Waals surface area (Å²) >= 11 is 2.92. The van der Waals surface area contributed by atoms with E-state index in [1.54, 1.807) is 0 Å². The van der Waals surface area contributed by atoms with Crippen molar-refractivity contribution in [1.29, 1.82) is 0 Å². The molecular weight excluding hydrogens is 305 g/mol. The molecule has 1 heterocycles. The monoisotopic (exact) mass is 314 g/mol. The molecule has 0 N–H and O–H groups in total. The Morgan fingerprint density at radius 3 is 2.76 bits per heavy atom. The molecule has 0 radical (unpaired) electrons. The van der Waals surface area contributed by atoms with E-state index in [9.17, 15) is 18.0 Å². The van der Waals surface area contributed by atoms with E-state index >= 15 is 0 Å². The molecule has 1 rings (SSSR count). The third-order valence-corrected chi connectivity index (χ3v) is 2.46. The number of ether oxygens (including phenoxy) is 2. The van der Waals surface area contributed by atoms with Crippen molar-refractivity contribution in [2.24, 2.45) is 0 Å². The van der Waals surface area contributed by atoms with Gasteiger partial charge in [0, 0.05) is 0 Å². The lowest BCUT2D eigenvalue weighted by molar-refractivity contribution is -0.143. The summed E-state index contributed by atoms with van der Waals surface area (Å²) < 4.78 is 47.6. The third-order valence-electron chi connectivity index (χ3n) is 1.98. The van der Waals surface area contributed by atoms with Gasteiger partial charge in [-0.25, -0.2) is 4.79 Å². The molecule has 96 valence electrons. The molecule has 1 aliphatic heterocycles. The molecule has 0 fully saturated rings. The highest BCUT2D eigenvalue weighted by Gasteiger charge is 2.40. The largest absolute Gasteiger partial charge is 0.460 e. The molecule has 0 saturated heterocycles. The van der Waals surface area contributed by atoms with Gasteiger partial charge in [0.1, 0.15) is 0 Å². The van der Waals surface area contributed by atoms with Crippen LogP contribution >= 0.6 is 15.9 Å². The number of hydrogen-bond donors (Lipinski definition) is 0. The molecule has 0 atom stereocenters. The zero-order valence-electron chi connectivity index (χ0n) is 8.94. The van der Waals surface area contributed by atoms with Crippen LogP contribution in [0.5, 0.6) is 0 Å². The van der Waals surface area contributed by atoms with Gasteiger partial charge < -0.3 is 9.47 Å². The molecule has 1 aliphatic rings. The molecule has 0 aromatic carbocycles. The Morgan fingerprint density at radius 2 is 2.24 bits per heavy atom. The number of allylic oxidation sites excluding steroid dienone is 2. The van der Waals surface area contributed by atoms with Crippen LogP contribution in [0.3, 0.4) is 0 Å². The second-order valence-electron chi connectivity index (χ2n) is 3.17. The van der Waals surface area contributed by atoms with E-state index in [2.05, 4.69) is 20.7 Å². The number of alkyl halides is 3. The lowest BCUT2D eigenvalue weighted by Gasteiger charge is -2.14. The maximum absolute atomic E-state index is 12.7. The van der Waals surface area contributed by atoms with Crippen molar-refractivity contribution in [2.75, 3.05) is 6.61 Å². The number of carbonyl (C=O) groups is 1. The first kappa shape index (κ1) is 14.1. The van der Waals surface area contributed by atoms with Crippen molar-refractivity contribution in [1.82, 2.24) is 0 Å². The highest BCUT2D eigenvalue weighted by Crippen LogP contribution is 2.36. The van der Waals surface area contributed by atoms with Crippen LogP contribution in [0.15, 0.2) is 22.1 Å². The Morgan fingerprint density at radius 1 is 1.59 bits per heavy atom. The molecule has 3 nitrogen and oxygen atoms in total. The summed E-state index contributed by atoms with van der Waals surface area (Å²) in [4.78, 5) is 11.4. The smallest absolute Gasteiger partial charge is 0.416 e. The first-order valence-electron chi connectivity index (χ1n) is 4.87. The summed E-state index contributed by atoms with van der Waals surface area (Å²) in [6, 6.07) is 0. The molecule has 0 aromatic heterocycles. The average molecular weight is 315 g/mol. The van der Waals surface area contributed by atoms with E-state index < -0.39 is 23.5 Å². The Labute approximate surface area is 104 Å². The minimum atomic E-state index is -4.60. The van der Waals surface area contributed by atoms with Gasteiger partial charge in [-0.1, -0.05) is 0 Å². The molecule has 0 aromatic rings. The van der Waals surface area contributed by atoms with E-state index in [-0.39, 0.29) is 24.1 Å². The van der Waals surface area contributed by atoms with Crippen molar-refractivity contribution < 1.29 is 27.4 Å². The molecule has 0 unspecified atom stereocenters. The molecule has 0 aliphatic carbocycles. The SMILES string of the molecule is CCOC(=O)C1=C(C(F)(F)F)CCC=C(Br)O1. The van der Waals surface area contributed by atoms with Gasteiger partial charge in [-0.2, -0.15) is 13.2 Å². The number of rotatable bonds is 2. The van der Waals surface area contributed by atoms with Crippen molar-refractivity contribution in [2.45, 2.75) is 25.9 Å². The number of halogens is 4. The topological polar surface area (TPSA) is 35.5 Å². The summed E-state index contributed by atoms with van der Waals surface area (Å²) in [5, 5.41) is 0. The van der Waals surface area contributed by atoms with Crippen LogP contribution in [-0.4, -0.2) is 18.8 Å². The predicted molar refractivity (Wildman–Crippen MR) is 57.0 cm³/mol. The Hall–Kier alpha value is -0.980. The average Bonchev–Trinajstić information content (AvgIpc) is 2.39. The standard InChI is InChI=1S/C10H10BrF3O3/c1-2-16-9(15)8-6(10(12,13)14)4-3-5-7(11)17-8/h5H,2-4H2,1H3. The lowest BCUT2D eigenvalue weighted by Crippen LogP contribution is -2.20. The Balaban J connectivity index is 3.12. The zero-order valence-corrected chi connectivity index (χ0v) is 10.5. The van der Waals surface area contributed by atoms with Crippen molar-refractivity contribution in [3.8, 4) is 0 Å². The zero-order chi connectivity index (χ0) is 13.1. The first-order valence-corrected chi connectivity index (χ1v) is 5.66. The molecule has 0 spiro atoms. The quantitative estimate of drug-likeness (QED) is 0.733. The van der Waals surface area contributed by atoms with Gasteiger partial charge >= 0.3 is 12.1 Å². The number of hydrogen-bond acceptors (Lipinski definition) is 3.